The second-order valence-corrected chi connectivity index (χ2v) is 4.08. The molecule has 0 radical (unpaired) electrons. The lowest BCUT2D eigenvalue weighted by Crippen LogP contribution is -2.17. The van der Waals surface area contributed by atoms with Crippen molar-refractivity contribution >= 4 is 17.2 Å². The number of rotatable bonds is 3. The minimum Gasteiger partial charge on any atom is -0.385 e. The highest BCUT2D eigenvalue weighted by molar-refractivity contribution is 6.30. The minimum atomic E-state index is -0.684. The second-order valence-electron chi connectivity index (χ2n) is 3.72. The van der Waals surface area contributed by atoms with E-state index in [9.17, 15) is 5.11 Å². The number of likely N-dealkylation sites (N-methyl/N-ethyl adjacent to an activating group) is 1. The lowest BCUT2D eigenvalue weighted by molar-refractivity contribution is 0.174. The average molecular weight is 240 g/mol. The number of aromatic nitrogens is 2. The average Bonchev–Trinajstić information content (AvgIpc) is 2.58. The molecule has 1 unspecified atom stereocenters. The number of aliphatic hydroxyl groups excluding tert-OH is 1. The molecule has 16 heavy (non-hydrogen) atoms. The van der Waals surface area contributed by atoms with Crippen molar-refractivity contribution in [3.8, 4) is 0 Å². The third-order valence-corrected chi connectivity index (χ3v) is 2.88. The van der Waals surface area contributed by atoms with E-state index in [1.165, 1.54) is 0 Å². The van der Waals surface area contributed by atoms with E-state index < -0.39 is 6.10 Å². The first-order chi connectivity index (χ1) is 7.65. The minimum absolute atomic E-state index is 0.433. The predicted molar refractivity (Wildman–Crippen MR) is 63.8 cm³/mol. The summed E-state index contributed by atoms with van der Waals surface area (Å²) in [6.07, 6.45) is -0.684. The lowest BCUT2D eigenvalue weighted by atomic mass is 10.3. The summed E-state index contributed by atoms with van der Waals surface area (Å²) in [6, 6.07) is 5.74. The summed E-state index contributed by atoms with van der Waals surface area (Å²) >= 11 is 6.21. The smallest absolute Gasteiger partial charge is 0.139 e. The molecule has 2 N–H and O–H groups in total. The van der Waals surface area contributed by atoms with Gasteiger partial charge in [0.05, 0.1) is 0 Å². The first kappa shape index (κ1) is 11.4. The van der Waals surface area contributed by atoms with E-state index in [0.29, 0.717) is 17.4 Å². The highest BCUT2D eigenvalue weighted by atomic mass is 35.5. The number of halogens is 1. The zero-order valence-electron chi connectivity index (χ0n) is 9.24. The summed E-state index contributed by atoms with van der Waals surface area (Å²) in [4.78, 5) is 4.33. The van der Waals surface area contributed by atoms with Crippen molar-refractivity contribution in [3.63, 3.8) is 0 Å². The fourth-order valence-electron chi connectivity index (χ4n) is 1.73. The molecule has 4 nitrogen and oxygen atoms in total. The van der Waals surface area contributed by atoms with Crippen molar-refractivity contribution in [3.05, 3.63) is 34.7 Å². The summed E-state index contributed by atoms with van der Waals surface area (Å²) in [5.41, 5.74) is 2.28. The lowest BCUT2D eigenvalue weighted by Gasteiger charge is -2.06. The van der Waals surface area contributed by atoms with Crippen LogP contribution in [0.1, 0.15) is 17.5 Å². The number of aliphatic hydroxyl groups is 1. The zero-order valence-corrected chi connectivity index (χ0v) is 9.99. The molecule has 0 aliphatic rings. The van der Waals surface area contributed by atoms with Crippen LogP contribution in [0.5, 0.6) is 0 Å². The van der Waals surface area contributed by atoms with Crippen molar-refractivity contribution in [2.45, 2.75) is 13.0 Å². The molecule has 0 aromatic carbocycles. The van der Waals surface area contributed by atoms with E-state index in [0.717, 1.165) is 11.3 Å². The monoisotopic (exact) mass is 239 g/mol. The Morgan fingerprint density at radius 2 is 2.31 bits per heavy atom. The number of fused-ring (bicyclic) bond motifs is 1. The van der Waals surface area contributed by atoms with Gasteiger partial charge >= 0.3 is 0 Å². The molecule has 1 atom stereocenters. The topological polar surface area (TPSA) is 49.6 Å². The Labute approximate surface area is 98.9 Å². The molecule has 2 aromatic rings. The number of imidazole rings is 1. The van der Waals surface area contributed by atoms with Crippen molar-refractivity contribution < 1.29 is 5.11 Å². The van der Waals surface area contributed by atoms with Gasteiger partial charge in [0.25, 0.3) is 0 Å². The van der Waals surface area contributed by atoms with Crippen molar-refractivity contribution in [2.24, 2.45) is 0 Å². The molecule has 0 bridgehead atoms. The molecule has 0 amide bonds. The van der Waals surface area contributed by atoms with Gasteiger partial charge in [0, 0.05) is 12.2 Å². The number of aryl methyl sites for hydroxylation is 1. The maximum Gasteiger partial charge on any atom is 0.139 e. The number of nitrogens with one attached hydrogen (secondary N) is 1. The third-order valence-electron chi connectivity index (χ3n) is 2.52. The Morgan fingerprint density at radius 3 is 2.94 bits per heavy atom. The molecular formula is C11H14ClN3O. The fourth-order valence-corrected chi connectivity index (χ4v) is 2.12. The van der Waals surface area contributed by atoms with E-state index >= 15 is 0 Å². The highest BCUT2D eigenvalue weighted by Gasteiger charge is 2.17. The van der Waals surface area contributed by atoms with Gasteiger partial charge in [-0.3, -0.25) is 4.40 Å². The van der Waals surface area contributed by atoms with Crippen molar-refractivity contribution in [2.75, 3.05) is 13.6 Å². The SMILES string of the molecule is CNCC(O)c1nc2cccc(C)n2c1Cl. The Morgan fingerprint density at radius 1 is 1.56 bits per heavy atom. The quantitative estimate of drug-likeness (QED) is 0.855. The number of nitrogens with zero attached hydrogens (tertiary/aromatic N) is 2. The molecular weight excluding hydrogens is 226 g/mol. The van der Waals surface area contributed by atoms with Gasteiger partial charge in [0.1, 0.15) is 22.6 Å². The summed E-state index contributed by atoms with van der Waals surface area (Å²) in [7, 11) is 1.78. The van der Waals surface area contributed by atoms with Crippen LogP contribution in [-0.4, -0.2) is 28.1 Å². The molecule has 0 aliphatic carbocycles. The van der Waals surface area contributed by atoms with Gasteiger partial charge in [-0.05, 0) is 26.1 Å². The zero-order chi connectivity index (χ0) is 11.7. The predicted octanol–water partition coefficient (Wildman–Crippen LogP) is 1.55. The van der Waals surface area contributed by atoms with Crippen LogP contribution in [0.4, 0.5) is 0 Å². The molecule has 0 saturated heterocycles. The first-order valence-corrected chi connectivity index (χ1v) is 5.49. The van der Waals surface area contributed by atoms with E-state index in [4.69, 9.17) is 11.6 Å². The molecule has 86 valence electrons. The van der Waals surface area contributed by atoms with Crippen LogP contribution in [0.2, 0.25) is 5.15 Å². The fraction of sp³-hybridized carbons (Fsp3) is 0.364. The molecule has 2 aromatic heterocycles. The largest absolute Gasteiger partial charge is 0.385 e. The number of pyridine rings is 1. The van der Waals surface area contributed by atoms with Gasteiger partial charge in [-0.15, -0.1) is 0 Å². The van der Waals surface area contributed by atoms with Gasteiger partial charge in [0.2, 0.25) is 0 Å². The maximum absolute atomic E-state index is 9.87. The molecule has 0 aliphatic heterocycles. The van der Waals surface area contributed by atoms with Crippen LogP contribution in [-0.2, 0) is 0 Å². The van der Waals surface area contributed by atoms with Gasteiger partial charge in [-0.2, -0.15) is 0 Å². The van der Waals surface area contributed by atoms with Crippen LogP contribution in [0.15, 0.2) is 18.2 Å². The Hall–Kier alpha value is -1.10. The molecule has 2 heterocycles. The number of hydrogen-bond acceptors (Lipinski definition) is 3. The molecule has 2 rings (SSSR count). The van der Waals surface area contributed by atoms with E-state index in [2.05, 4.69) is 10.3 Å². The van der Waals surface area contributed by atoms with Gasteiger partial charge in [0.15, 0.2) is 0 Å². The van der Waals surface area contributed by atoms with Crippen LogP contribution in [0.25, 0.3) is 5.65 Å². The summed E-state index contributed by atoms with van der Waals surface area (Å²) in [6.45, 7) is 2.39. The Balaban J connectivity index is 2.56. The van der Waals surface area contributed by atoms with E-state index in [-0.39, 0.29) is 0 Å². The van der Waals surface area contributed by atoms with Crippen molar-refractivity contribution in [1.82, 2.24) is 14.7 Å². The summed E-state index contributed by atoms with van der Waals surface area (Å²) < 4.78 is 1.83. The van der Waals surface area contributed by atoms with Gasteiger partial charge in [-0.1, -0.05) is 17.7 Å². The first-order valence-electron chi connectivity index (χ1n) is 5.11. The van der Waals surface area contributed by atoms with E-state index in [1.807, 2.05) is 29.5 Å². The standard InChI is InChI=1S/C11H14ClN3O/c1-7-4-3-5-9-14-10(8(16)6-13-2)11(12)15(7)9/h3-5,8,13,16H,6H2,1-2H3. The maximum atomic E-state index is 9.87. The molecule has 0 saturated carbocycles. The summed E-state index contributed by atoms with van der Waals surface area (Å²) in [5, 5.41) is 13.2. The molecule has 0 spiro atoms. The Kier molecular flexibility index (Phi) is 3.14. The van der Waals surface area contributed by atoms with E-state index in [1.54, 1.807) is 7.05 Å². The highest BCUT2D eigenvalue weighted by Crippen LogP contribution is 2.24. The van der Waals surface area contributed by atoms with Crippen molar-refractivity contribution in [1.29, 1.82) is 0 Å². The van der Waals surface area contributed by atoms with Gasteiger partial charge in [-0.25, -0.2) is 4.98 Å². The van der Waals surface area contributed by atoms with Crippen LogP contribution in [0.3, 0.4) is 0 Å². The third kappa shape index (κ3) is 1.80. The number of hydrogen-bond donors (Lipinski definition) is 2. The Bertz CT molecular complexity index is 509. The molecule has 0 fully saturated rings. The second kappa shape index (κ2) is 4.41. The van der Waals surface area contributed by atoms with Crippen LogP contribution in [0, 0.1) is 6.92 Å². The molecule has 5 heteroatoms. The normalized spacial score (nSPS) is 13.2. The van der Waals surface area contributed by atoms with Crippen LogP contribution < -0.4 is 5.32 Å². The summed E-state index contributed by atoms with van der Waals surface area (Å²) in [5.74, 6) is 0. The van der Waals surface area contributed by atoms with Crippen LogP contribution >= 0.6 is 11.6 Å². The van der Waals surface area contributed by atoms with Gasteiger partial charge < -0.3 is 10.4 Å².